The van der Waals surface area contributed by atoms with Crippen molar-refractivity contribution in [2.45, 2.75) is 101 Å². The van der Waals surface area contributed by atoms with Crippen LogP contribution < -0.4 is 0 Å². The van der Waals surface area contributed by atoms with Crippen LogP contribution in [0, 0.1) is 17.2 Å². The van der Waals surface area contributed by atoms with E-state index in [2.05, 4.69) is 22.5 Å². The Balaban J connectivity index is 1.62. The summed E-state index contributed by atoms with van der Waals surface area (Å²) in [6.45, 7) is 6.80. The van der Waals surface area contributed by atoms with Gasteiger partial charge in [0.1, 0.15) is 8.24 Å². The Bertz CT molecular complexity index is 457. The first-order valence-electron chi connectivity index (χ1n) is 11.6. The van der Waals surface area contributed by atoms with Crippen molar-refractivity contribution in [2.24, 2.45) is 5.92 Å². The van der Waals surface area contributed by atoms with Gasteiger partial charge in [-0.05, 0) is 23.5 Å². The van der Waals surface area contributed by atoms with Gasteiger partial charge >= 0.3 is 0 Å². The third kappa shape index (κ3) is 3.40. The largest absolute Gasteiger partial charge is 0.309 e. The second-order valence-electron chi connectivity index (χ2n) is 9.84. The fourth-order valence-electron chi connectivity index (χ4n) is 7.48. The summed E-state index contributed by atoms with van der Waals surface area (Å²) in [6.07, 6.45) is 18.3. The van der Waals surface area contributed by atoms with Gasteiger partial charge in [-0.1, -0.05) is 77.0 Å². The fourth-order valence-corrected chi connectivity index (χ4v) is 16.0. The van der Waals surface area contributed by atoms with E-state index in [-0.39, 0.29) is 5.92 Å². The standard InChI is InChI=1S/C22H39N3Si/c1-19(16-23)17-24-14-15-25(18-24)26(20-8-2-3-9-20,21-10-4-5-11-21)22-12-6-7-13-22/h19-22H,2-15,17-18H2,1H3. The third-order valence-corrected chi connectivity index (χ3v) is 15.5. The second kappa shape index (κ2) is 8.33. The highest BCUT2D eigenvalue weighted by atomic mass is 28.3. The molecule has 0 N–H and O–H groups in total. The molecule has 26 heavy (non-hydrogen) atoms. The number of rotatable bonds is 6. The summed E-state index contributed by atoms with van der Waals surface area (Å²) in [4.78, 5) is 2.62. The van der Waals surface area contributed by atoms with Crippen LogP contribution in [0.15, 0.2) is 0 Å². The van der Waals surface area contributed by atoms with Crippen molar-refractivity contribution in [3.05, 3.63) is 0 Å². The fraction of sp³-hybridized carbons (Fsp3) is 0.955. The number of nitriles is 1. The Kier molecular flexibility index (Phi) is 6.08. The van der Waals surface area contributed by atoms with E-state index >= 15 is 0 Å². The van der Waals surface area contributed by atoms with Gasteiger partial charge in [-0.3, -0.25) is 4.90 Å². The summed E-state index contributed by atoms with van der Waals surface area (Å²) in [5.41, 5.74) is 3.26. The molecule has 0 radical (unpaired) electrons. The maximum atomic E-state index is 9.26. The molecule has 0 amide bonds. The molecule has 4 heteroatoms. The summed E-state index contributed by atoms with van der Waals surface area (Å²) in [7, 11) is -1.46. The lowest BCUT2D eigenvalue weighted by Gasteiger charge is -2.52. The van der Waals surface area contributed by atoms with Crippen molar-refractivity contribution in [3.63, 3.8) is 0 Å². The zero-order valence-corrected chi connectivity index (χ0v) is 18.0. The summed E-state index contributed by atoms with van der Waals surface area (Å²) in [5.74, 6) is 0.176. The highest BCUT2D eigenvalue weighted by molar-refractivity contribution is 6.81. The number of hydrogen-bond donors (Lipinski definition) is 0. The maximum Gasteiger partial charge on any atom is 0.139 e. The minimum absolute atomic E-state index is 0.176. The second-order valence-corrected chi connectivity index (χ2v) is 14.7. The molecule has 3 aliphatic carbocycles. The Morgan fingerprint density at radius 2 is 1.31 bits per heavy atom. The molecule has 3 nitrogen and oxygen atoms in total. The van der Waals surface area contributed by atoms with Crippen molar-refractivity contribution in [1.82, 2.24) is 9.47 Å². The lowest BCUT2D eigenvalue weighted by Crippen LogP contribution is -2.61. The Morgan fingerprint density at radius 1 is 0.846 bits per heavy atom. The van der Waals surface area contributed by atoms with E-state index in [1.165, 1.54) is 58.3 Å². The van der Waals surface area contributed by atoms with Crippen LogP contribution in [0.5, 0.6) is 0 Å². The quantitative estimate of drug-likeness (QED) is 0.576. The number of hydrogen-bond acceptors (Lipinski definition) is 3. The summed E-state index contributed by atoms with van der Waals surface area (Å²) in [5, 5.41) is 9.26. The van der Waals surface area contributed by atoms with Gasteiger partial charge in [-0.2, -0.15) is 5.26 Å². The van der Waals surface area contributed by atoms with Crippen molar-refractivity contribution in [1.29, 1.82) is 5.26 Å². The minimum atomic E-state index is -1.46. The lowest BCUT2D eigenvalue weighted by molar-refractivity contribution is 0.275. The molecule has 4 fully saturated rings. The van der Waals surface area contributed by atoms with Crippen LogP contribution in [-0.2, 0) is 0 Å². The van der Waals surface area contributed by atoms with Gasteiger partial charge in [0.05, 0.1) is 12.0 Å². The van der Waals surface area contributed by atoms with Gasteiger partial charge in [0, 0.05) is 26.3 Å². The van der Waals surface area contributed by atoms with Gasteiger partial charge in [0.2, 0.25) is 0 Å². The van der Waals surface area contributed by atoms with E-state index < -0.39 is 8.24 Å². The van der Waals surface area contributed by atoms with Gasteiger partial charge in [0.25, 0.3) is 0 Å². The molecule has 1 aliphatic heterocycles. The molecule has 4 rings (SSSR count). The predicted molar refractivity (Wildman–Crippen MR) is 110 cm³/mol. The summed E-state index contributed by atoms with van der Waals surface area (Å²) >= 11 is 0. The molecule has 1 heterocycles. The Morgan fingerprint density at radius 3 is 1.73 bits per heavy atom. The first kappa shape index (κ1) is 19.0. The van der Waals surface area contributed by atoms with Crippen LogP contribution in [-0.4, -0.2) is 44.0 Å². The van der Waals surface area contributed by atoms with Crippen LogP contribution >= 0.6 is 0 Å². The molecule has 0 aromatic carbocycles. The van der Waals surface area contributed by atoms with Crippen LogP contribution in [0.1, 0.15) is 84.0 Å². The Hall–Kier alpha value is -0.373. The van der Waals surface area contributed by atoms with Crippen LogP contribution in [0.4, 0.5) is 0 Å². The zero-order valence-electron chi connectivity index (χ0n) is 17.0. The molecule has 1 unspecified atom stereocenters. The van der Waals surface area contributed by atoms with E-state index in [0.717, 1.165) is 23.2 Å². The maximum absolute atomic E-state index is 9.26. The third-order valence-electron chi connectivity index (χ3n) is 8.38. The van der Waals surface area contributed by atoms with E-state index in [1.807, 2.05) is 0 Å². The topological polar surface area (TPSA) is 30.3 Å². The average molecular weight is 374 g/mol. The highest BCUT2D eigenvalue weighted by Crippen LogP contribution is 2.60. The molecule has 1 saturated heterocycles. The van der Waals surface area contributed by atoms with E-state index in [9.17, 15) is 5.26 Å². The van der Waals surface area contributed by atoms with Crippen molar-refractivity contribution in [3.8, 4) is 6.07 Å². The van der Waals surface area contributed by atoms with Crippen LogP contribution in [0.25, 0.3) is 0 Å². The van der Waals surface area contributed by atoms with Crippen LogP contribution in [0.2, 0.25) is 16.6 Å². The van der Waals surface area contributed by atoms with Crippen molar-refractivity contribution < 1.29 is 0 Å². The van der Waals surface area contributed by atoms with E-state index in [0.29, 0.717) is 0 Å². The molecule has 0 spiro atoms. The van der Waals surface area contributed by atoms with Crippen LogP contribution in [0.3, 0.4) is 0 Å². The monoisotopic (exact) mass is 373 g/mol. The lowest BCUT2D eigenvalue weighted by atomic mass is 10.2. The van der Waals surface area contributed by atoms with Crippen molar-refractivity contribution >= 4 is 8.24 Å². The molecule has 3 saturated carbocycles. The normalized spacial score (nSPS) is 28.9. The summed E-state index contributed by atoms with van der Waals surface area (Å²) < 4.78 is 3.12. The predicted octanol–water partition coefficient (Wildman–Crippen LogP) is 5.50. The molecule has 1 atom stereocenters. The average Bonchev–Trinajstić information content (AvgIpc) is 3.44. The zero-order chi connectivity index (χ0) is 18.0. The SMILES string of the molecule is CC(C#N)CN1CCN([Si](C2CCCC2)(C2CCCC2)C2CCCC2)C1. The van der Waals surface area contributed by atoms with Gasteiger partial charge in [0.15, 0.2) is 0 Å². The first-order chi connectivity index (χ1) is 12.7. The molecule has 0 aromatic rings. The molecular weight excluding hydrogens is 334 g/mol. The van der Waals surface area contributed by atoms with Gasteiger partial charge in [-0.25, -0.2) is 0 Å². The molecule has 0 bridgehead atoms. The molecular formula is C22H39N3Si. The molecule has 0 aromatic heterocycles. The van der Waals surface area contributed by atoms with Crippen molar-refractivity contribution in [2.75, 3.05) is 26.3 Å². The summed E-state index contributed by atoms with van der Waals surface area (Å²) in [6, 6.07) is 2.46. The van der Waals surface area contributed by atoms with E-state index in [4.69, 9.17) is 0 Å². The highest BCUT2D eigenvalue weighted by Gasteiger charge is 2.58. The Labute approximate surface area is 162 Å². The van der Waals surface area contributed by atoms with Gasteiger partial charge in [-0.15, -0.1) is 0 Å². The smallest absolute Gasteiger partial charge is 0.139 e. The number of nitrogens with zero attached hydrogens (tertiary/aromatic N) is 3. The molecule has 4 aliphatic rings. The van der Waals surface area contributed by atoms with Gasteiger partial charge < -0.3 is 4.57 Å². The molecule has 146 valence electrons. The van der Waals surface area contributed by atoms with E-state index in [1.54, 1.807) is 38.5 Å². The minimum Gasteiger partial charge on any atom is -0.309 e. The first-order valence-corrected chi connectivity index (χ1v) is 13.8.